The van der Waals surface area contributed by atoms with Gasteiger partial charge in [-0.25, -0.2) is 9.59 Å². The minimum absolute atomic E-state index is 0.0243. The number of likely N-dealkylation sites (tertiary alicyclic amines) is 2. The van der Waals surface area contributed by atoms with Crippen molar-refractivity contribution in [2.45, 2.75) is 132 Å². The molecule has 3 saturated heterocycles. The molecule has 2 aliphatic carbocycles. The van der Waals surface area contributed by atoms with E-state index in [-0.39, 0.29) is 37.9 Å². The molecule has 0 aromatic heterocycles. The molecule has 5 aliphatic rings. The number of aliphatic hydroxyl groups excluding tert-OH is 3. The standard InChI is InChI=1S/C26H37NO6Si.C24H33NO7/c1-25-21(15-16-34(4,5)33-25)23(29)27(17-18-11-13-20(31-2)14-12-18)26(25,24(30)32-3)22(28)19-9-7-6-8-10-19;1-23(30)19(13-14-26)21(28)25(15-16-9-11-18(31-2)12-10-16)24(23,22(29)32-3)20(27)17-7-5-4-6-8-17/h7,9,11-14,19,21-22,28H,6,8,10,15-17H2,1-5H3;5,7,9-12,17,19-20,26-27,30H,4,6,8,13-15H2,1-3H3/t19-,21+,22+,25+,26+;17-,19+,20+,23+,24+/m11/s1. The number of fused-ring (bicyclic) bond motifs is 1. The summed E-state index contributed by atoms with van der Waals surface area (Å²) in [6, 6.07) is 15.2. The highest BCUT2D eigenvalue weighted by Gasteiger charge is 2.77. The van der Waals surface area contributed by atoms with Gasteiger partial charge in [0.25, 0.3) is 0 Å². The van der Waals surface area contributed by atoms with Gasteiger partial charge in [-0.1, -0.05) is 48.6 Å². The van der Waals surface area contributed by atoms with Crippen LogP contribution in [0.25, 0.3) is 0 Å². The van der Waals surface area contributed by atoms with Crippen molar-refractivity contribution in [1.82, 2.24) is 9.80 Å². The number of carbonyl (C=O) groups is 4. The molecule has 7 rings (SSSR count). The lowest BCUT2D eigenvalue weighted by atomic mass is 9.67. The van der Waals surface area contributed by atoms with Crippen LogP contribution in [0, 0.1) is 23.7 Å². The number of allylic oxidation sites excluding steroid dienone is 2. The average molecular weight is 935 g/mol. The van der Waals surface area contributed by atoms with Gasteiger partial charge in [-0.2, -0.15) is 0 Å². The molecule has 3 heterocycles. The summed E-state index contributed by atoms with van der Waals surface area (Å²) in [5, 5.41) is 44.9. The summed E-state index contributed by atoms with van der Waals surface area (Å²) >= 11 is 0. The average Bonchev–Trinajstić information content (AvgIpc) is 3.61. The summed E-state index contributed by atoms with van der Waals surface area (Å²) < 4.78 is 27.7. The Labute approximate surface area is 389 Å². The van der Waals surface area contributed by atoms with E-state index in [2.05, 4.69) is 13.1 Å². The minimum atomic E-state index is -2.19. The Morgan fingerprint density at radius 1 is 0.742 bits per heavy atom. The second-order valence-corrected chi connectivity index (χ2v) is 23.5. The van der Waals surface area contributed by atoms with Gasteiger partial charge in [-0.05, 0) is 120 Å². The van der Waals surface area contributed by atoms with E-state index in [1.54, 1.807) is 43.4 Å². The Morgan fingerprint density at radius 3 is 1.62 bits per heavy atom. The summed E-state index contributed by atoms with van der Waals surface area (Å²) in [6.07, 6.45) is 10.8. The molecule has 2 aromatic rings. The zero-order valence-corrected chi connectivity index (χ0v) is 40.7. The maximum absolute atomic E-state index is 14.0. The highest BCUT2D eigenvalue weighted by Crippen LogP contribution is 2.57. The molecule has 0 bridgehead atoms. The summed E-state index contributed by atoms with van der Waals surface area (Å²) in [6.45, 7) is 7.25. The SMILES string of the molecule is COC(=O)[C@]1([C@@H](O)[C@@H]2C=CCCC2)N(Cc2ccc(OC)cc2)C(=O)[C@@H]2CC[Si](C)(C)O[C@@]21C.COC(=O)[C@]1([C@@H](O)[C@@H]2C=CCCC2)N(Cc2ccc(OC)cc2)C(=O)[C@H](CCO)[C@]1(C)O. The van der Waals surface area contributed by atoms with Crippen molar-refractivity contribution in [3.8, 4) is 11.5 Å². The predicted octanol–water partition coefficient (Wildman–Crippen LogP) is 5.08. The second-order valence-electron chi connectivity index (χ2n) is 19.3. The Hall–Kier alpha value is -4.58. The number of aliphatic hydroxyl groups is 4. The summed E-state index contributed by atoms with van der Waals surface area (Å²) in [4.78, 5) is 57.6. The Morgan fingerprint density at radius 2 is 1.20 bits per heavy atom. The van der Waals surface area contributed by atoms with Crippen LogP contribution in [0.3, 0.4) is 0 Å². The molecule has 2 aromatic carbocycles. The van der Waals surface area contributed by atoms with Crippen molar-refractivity contribution >= 4 is 32.1 Å². The first kappa shape index (κ1) is 50.8. The molecule has 2 amide bonds. The van der Waals surface area contributed by atoms with Crippen LogP contribution >= 0.6 is 0 Å². The van der Waals surface area contributed by atoms with E-state index >= 15 is 0 Å². The smallest absolute Gasteiger partial charge is 0.337 e. The molecule has 0 saturated carbocycles. The van der Waals surface area contributed by atoms with Gasteiger partial charge in [-0.3, -0.25) is 9.59 Å². The van der Waals surface area contributed by atoms with Crippen molar-refractivity contribution in [2.24, 2.45) is 23.7 Å². The molecule has 0 unspecified atom stereocenters. The molecule has 10 atom stereocenters. The van der Waals surface area contributed by atoms with Gasteiger partial charge < -0.3 is 53.6 Å². The number of esters is 2. The van der Waals surface area contributed by atoms with Crippen molar-refractivity contribution in [1.29, 1.82) is 0 Å². The van der Waals surface area contributed by atoms with E-state index in [0.29, 0.717) is 29.9 Å². The van der Waals surface area contributed by atoms with Crippen LogP contribution in [-0.2, 0) is 46.2 Å². The van der Waals surface area contributed by atoms with Gasteiger partial charge in [0.05, 0.1) is 52.5 Å². The fourth-order valence-corrected chi connectivity index (χ4v) is 14.2. The number of methoxy groups -OCH3 is 4. The number of nitrogens with zero attached hydrogens (tertiary/aromatic N) is 2. The van der Waals surface area contributed by atoms with Crippen LogP contribution in [0.15, 0.2) is 72.8 Å². The molecular formula is C50H70N2O13Si. The number of rotatable bonds is 14. The number of amides is 2. The van der Waals surface area contributed by atoms with Crippen molar-refractivity contribution in [2.75, 3.05) is 35.0 Å². The Balaban J connectivity index is 0.000000219. The zero-order chi connectivity index (χ0) is 48.2. The first-order chi connectivity index (χ1) is 31.4. The number of benzene rings is 2. The second kappa shape index (κ2) is 20.3. The number of hydrogen-bond donors (Lipinski definition) is 4. The fourth-order valence-electron chi connectivity index (χ4n) is 11.6. The highest BCUT2D eigenvalue weighted by atomic mass is 28.4. The van der Waals surface area contributed by atoms with Gasteiger partial charge in [0, 0.05) is 31.5 Å². The maximum atomic E-state index is 14.0. The van der Waals surface area contributed by atoms with Crippen LogP contribution in [0.5, 0.6) is 11.5 Å². The topological polar surface area (TPSA) is 202 Å². The third-order valence-corrected chi connectivity index (χ3v) is 17.5. The van der Waals surface area contributed by atoms with Gasteiger partial charge in [0.1, 0.15) is 22.7 Å². The summed E-state index contributed by atoms with van der Waals surface area (Å²) in [7, 11) is 3.47. The van der Waals surface area contributed by atoms with Crippen LogP contribution in [0.2, 0.25) is 19.1 Å². The van der Waals surface area contributed by atoms with Crippen molar-refractivity contribution in [3.63, 3.8) is 0 Å². The third-order valence-electron chi connectivity index (χ3n) is 15.0. The molecule has 3 aliphatic heterocycles. The van der Waals surface area contributed by atoms with Crippen LogP contribution in [-0.4, -0.2) is 132 Å². The van der Waals surface area contributed by atoms with Gasteiger partial charge in [0.2, 0.25) is 11.8 Å². The Kier molecular flexibility index (Phi) is 15.7. The molecule has 15 nitrogen and oxygen atoms in total. The van der Waals surface area contributed by atoms with E-state index in [9.17, 15) is 39.6 Å². The lowest BCUT2D eigenvalue weighted by molar-refractivity contribution is -0.191. The normalized spacial score (nSPS) is 32.2. The van der Waals surface area contributed by atoms with E-state index in [1.807, 2.05) is 55.5 Å². The van der Waals surface area contributed by atoms with E-state index in [4.69, 9.17) is 23.4 Å². The lowest BCUT2D eigenvalue weighted by Crippen LogP contribution is -2.74. The monoisotopic (exact) mass is 934 g/mol. The molecule has 66 heavy (non-hydrogen) atoms. The van der Waals surface area contributed by atoms with Gasteiger partial charge in [0.15, 0.2) is 19.4 Å². The fraction of sp³-hybridized carbons (Fsp3) is 0.600. The zero-order valence-electron chi connectivity index (χ0n) is 39.7. The maximum Gasteiger partial charge on any atom is 0.337 e. The highest BCUT2D eigenvalue weighted by molar-refractivity contribution is 6.71. The van der Waals surface area contributed by atoms with Crippen LogP contribution in [0.4, 0.5) is 0 Å². The number of ether oxygens (including phenoxy) is 4. The molecular weight excluding hydrogens is 865 g/mol. The van der Waals surface area contributed by atoms with E-state index < -0.39 is 78.4 Å². The minimum Gasteiger partial charge on any atom is -0.497 e. The molecule has 0 radical (unpaired) electrons. The van der Waals surface area contributed by atoms with E-state index in [1.165, 1.54) is 26.0 Å². The predicted molar refractivity (Wildman–Crippen MR) is 247 cm³/mol. The molecule has 16 heteroatoms. The van der Waals surface area contributed by atoms with Crippen molar-refractivity contribution in [3.05, 3.63) is 84.0 Å². The summed E-state index contributed by atoms with van der Waals surface area (Å²) in [5.41, 5.74) is -5.32. The quantitative estimate of drug-likeness (QED) is 0.111. The first-order valence-corrected chi connectivity index (χ1v) is 26.3. The number of hydrogen-bond acceptors (Lipinski definition) is 13. The van der Waals surface area contributed by atoms with Gasteiger partial charge >= 0.3 is 11.9 Å². The molecule has 0 spiro atoms. The van der Waals surface area contributed by atoms with Crippen LogP contribution < -0.4 is 9.47 Å². The number of carbonyl (C=O) groups excluding carboxylic acids is 4. The lowest BCUT2D eigenvalue weighted by Gasteiger charge is -2.54. The van der Waals surface area contributed by atoms with Gasteiger partial charge in [-0.15, -0.1) is 0 Å². The third kappa shape index (κ3) is 8.73. The molecule has 4 N–H and O–H groups in total. The molecule has 362 valence electrons. The first-order valence-electron chi connectivity index (χ1n) is 23.1. The van der Waals surface area contributed by atoms with Crippen LogP contribution in [0.1, 0.15) is 76.3 Å². The molecule has 3 fully saturated rings. The Bertz CT molecular complexity index is 2110. The largest absolute Gasteiger partial charge is 0.497 e. The summed E-state index contributed by atoms with van der Waals surface area (Å²) in [5.74, 6) is -3.12. The van der Waals surface area contributed by atoms with Crippen molar-refractivity contribution < 1.29 is 63.0 Å². The van der Waals surface area contributed by atoms with E-state index in [0.717, 1.165) is 43.7 Å².